The first-order valence-corrected chi connectivity index (χ1v) is 9.88. The topological polar surface area (TPSA) is 61.6 Å². The monoisotopic (exact) mass is 359 g/mol. The van der Waals surface area contributed by atoms with Crippen LogP contribution in [-0.2, 0) is 19.5 Å². The molecule has 4 heterocycles. The van der Waals surface area contributed by atoms with Crippen LogP contribution in [0.2, 0.25) is 0 Å². The standard InChI is InChI=1S/C17H25N7S/c1-18-17(19-13-15-21-20-14-5-2-3-7-24(14)15)23-10-8-22(9-11-23)16-6-4-12-25-16/h4,6,12H,2-3,5,7-11,13H2,1H3,(H,18,19). The van der Waals surface area contributed by atoms with Crippen LogP contribution in [-0.4, -0.2) is 58.9 Å². The van der Waals surface area contributed by atoms with Crippen molar-refractivity contribution in [2.45, 2.75) is 32.4 Å². The first kappa shape index (κ1) is 16.4. The van der Waals surface area contributed by atoms with E-state index in [0.717, 1.165) is 56.8 Å². The summed E-state index contributed by atoms with van der Waals surface area (Å²) in [4.78, 5) is 9.25. The molecule has 2 aromatic heterocycles. The quantitative estimate of drug-likeness (QED) is 0.666. The molecule has 0 amide bonds. The maximum Gasteiger partial charge on any atom is 0.194 e. The number of aryl methyl sites for hydroxylation is 1. The van der Waals surface area contributed by atoms with Crippen molar-refractivity contribution >= 4 is 22.3 Å². The summed E-state index contributed by atoms with van der Waals surface area (Å²) in [6.07, 6.45) is 3.49. The summed E-state index contributed by atoms with van der Waals surface area (Å²) in [5.41, 5.74) is 0. The smallest absolute Gasteiger partial charge is 0.194 e. The molecule has 1 saturated heterocycles. The zero-order valence-corrected chi connectivity index (χ0v) is 15.5. The molecule has 0 aromatic carbocycles. The Kier molecular flexibility index (Phi) is 4.87. The van der Waals surface area contributed by atoms with Crippen molar-refractivity contribution in [1.29, 1.82) is 0 Å². The van der Waals surface area contributed by atoms with Crippen LogP contribution in [0.5, 0.6) is 0 Å². The number of aromatic nitrogens is 3. The molecule has 4 rings (SSSR count). The number of piperazine rings is 1. The molecule has 0 spiro atoms. The Morgan fingerprint density at radius 3 is 2.84 bits per heavy atom. The molecule has 25 heavy (non-hydrogen) atoms. The summed E-state index contributed by atoms with van der Waals surface area (Å²) in [7, 11) is 1.85. The lowest BCUT2D eigenvalue weighted by Gasteiger charge is -2.37. The van der Waals surface area contributed by atoms with Gasteiger partial charge in [-0.1, -0.05) is 0 Å². The zero-order valence-electron chi connectivity index (χ0n) is 14.7. The Balaban J connectivity index is 1.33. The lowest BCUT2D eigenvalue weighted by Crippen LogP contribution is -2.52. The summed E-state index contributed by atoms with van der Waals surface area (Å²) in [5, 5.41) is 15.7. The Hall–Kier alpha value is -2.09. The summed E-state index contributed by atoms with van der Waals surface area (Å²) in [5.74, 6) is 3.11. The summed E-state index contributed by atoms with van der Waals surface area (Å²) >= 11 is 1.81. The molecule has 2 aliphatic rings. The van der Waals surface area contributed by atoms with Gasteiger partial charge in [-0.05, 0) is 30.4 Å². The molecule has 0 bridgehead atoms. The number of hydrogen-bond donors (Lipinski definition) is 1. The Morgan fingerprint density at radius 2 is 2.08 bits per heavy atom. The lowest BCUT2D eigenvalue weighted by atomic mass is 10.2. The van der Waals surface area contributed by atoms with E-state index in [-0.39, 0.29) is 0 Å². The SMILES string of the molecule is CN=C(NCc1nnc2n1CCCC2)N1CCN(c2cccs2)CC1. The molecule has 134 valence electrons. The summed E-state index contributed by atoms with van der Waals surface area (Å²) in [6, 6.07) is 4.31. The van der Waals surface area contributed by atoms with Gasteiger partial charge in [0.15, 0.2) is 11.8 Å². The van der Waals surface area contributed by atoms with E-state index in [4.69, 9.17) is 0 Å². The van der Waals surface area contributed by atoms with Gasteiger partial charge in [-0.25, -0.2) is 0 Å². The maximum atomic E-state index is 4.47. The number of nitrogens with zero attached hydrogens (tertiary/aromatic N) is 6. The molecule has 1 N–H and O–H groups in total. The second-order valence-electron chi connectivity index (χ2n) is 6.47. The predicted molar refractivity (Wildman–Crippen MR) is 101 cm³/mol. The summed E-state index contributed by atoms with van der Waals surface area (Å²) < 4.78 is 2.26. The third kappa shape index (κ3) is 3.49. The van der Waals surface area contributed by atoms with Crippen molar-refractivity contribution in [3.63, 3.8) is 0 Å². The molecule has 7 nitrogen and oxygen atoms in total. The van der Waals surface area contributed by atoms with Gasteiger partial charge >= 0.3 is 0 Å². The van der Waals surface area contributed by atoms with Crippen LogP contribution in [0.1, 0.15) is 24.5 Å². The minimum absolute atomic E-state index is 0.685. The van der Waals surface area contributed by atoms with E-state index in [0.29, 0.717) is 6.54 Å². The molecule has 0 aliphatic carbocycles. The number of thiophene rings is 1. The van der Waals surface area contributed by atoms with Gasteiger partial charge in [-0.2, -0.15) is 0 Å². The molecule has 2 aliphatic heterocycles. The third-order valence-electron chi connectivity index (χ3n) is 4.95. The van der Waals surface area contributed by atoms with Gasteiger partial charge in [-0.3, -0.25) is 4.99 Å². The highest BCUT2D eigenvalue weighted by Gasteiger charge is 2.21. The number of anilines is 1. The largest absolute Gasteiger partial charge is 0.360 e. The molecule has 8 heteroatoms. The number of hydrogen-bond acceptors (Lipinski definition) is 5. The van der Waals surface area contributed by atoms with E-state index in [1.54, 1.807) is 0 Å². The molecular formula is C17H25N7S. The molecular weight excluding hydrogens is 334 g/mol. The van der Waals surface area contributed by atoms with Gasteiger partial charge < -0.3 is 19.7 Å². The fourth-order valence-corrected chi connectivity index (χ4v) is 4.36. The van der Waals surface area contributed by atoms with Crippen molar-refractivity contribution in [3.8, 4) is 0 Å². The van der Waals surface area contributed by atoms with Crippen LogP contribution in [0, 0.1) is 0 Å². The van der Waals surface area contributed by atoms with Crippen LogP contribution in [0.3, 0.4) is 0 Å². The van der Waals surface area contributed by atoms with E-state index in [1.165, 1.54) is 17.8 Å². The molecule has 0 unspecified atom stereocenters. The Bertz CT molecular complexity index is 713. The third-order valence-corrected chi connectivity index (χ3v) is 5.88. The second-order valence-corrected chi connectivity index (χ2v) is 7.39. The predicted octanol–water partition coefficient (Wildman–Crippen LogP) is 1.57. The molecule has 2 aromatic rings. The minimum Gasteiger partial charge on any atom is -0.360 e. The fraction of sp³-hybridized carbons (Fsp3) is 0.588. The Labute approximate surface area is 152 Å². The number of guanidine groups is 1. The van der Waals surface area contributed by atoms with Gasteiger partial charge in [0.1, 0.15) is 5.82 Å². The fourth-order valence-electron chi connectivity index (χ4n) is 3.58. The highest BCUT2D eigenvalue weighted by atomic mass is 32.1. The first-order valence-electron chi connectivity index (χ1n) is 9.00. The van der Waals surface area contributed by atoms with Crippen molar-refractivity contribution in [3.05, 3.63) is 29.2 Å². The summed E-state index contributed by atoms with van der Waals surface area (Å²) in [6.45, 7) is 5.75. The van der Waals surface area contributed by atoms with Gasteiger partial charge in [0.2, 0.25) is 0 Å². The van der Waals surface area contributed by atoms with Crippen LogP contribution >= 0.6 is 11.3 Å². The number of nitrogens with one attached hydrogen (secondary N) is 1. The van der Waals surface area contributed by atoms with Crippen LogP contribution < -0.4 is 10.2 Å². The molecule has 1 fully saturated rings. The van der Waals surface area contributed by atoms with Crippen molar-refractivity contribution in [1.82, 2.24) is 25.0 Å². The van der Waals surface area contributed by atoms with E-state index < -0.39 is 0 Å². The van der Waals surface area contributed by atoms with Crippen molar-refractivity contribution in [2.75, 3.05) is 38.1 Å². The number of fused-ring (bicyclic) bond motifs is 1. The first-order chi connectivity index (χ1) is 12.3. The highest BCUT2D eigenvalue weighted by molar-refractivity contribution is 7.14. The van der Waals surface area contributed by atoms with Crippen molar-refractivity contribution in [2.24, 2.45) is 4.99 Å². The van der Waals surface area contributed by atoms with E-state index in [9.17, 15) is 0 Å². The molecule has 0 saturated carbocycles. The van der Waals surface area contributed by atoms with E-state index in [1.807, 2.05) is 18.4 Å². The van der Waals surface area contributed by atoms with Crippen molar-refractivity contribution < 1.29 is 0 Å². The van der Waals surface area contributed by atoms with Crippen LogP contribution in [0.4, 0.5) is 5.00 Å². The Morgan fingerprint density at radius 1 is 1.20 bits per heavy atom. The van der Waals surface area contributed by atoms with Crippen LogP contribution in [0.25, 0.3) is 0 Å². The minimum atomic E-state index is 0.685. The molecule has 0 atom stereocenters. The average Bonchev–Trinajstić information content (AvgIpc) is 3.33. The van der Waals surface area contributed by atoms with Gasteiger partial charge in [0.25, 0.3) is 0 Å². The average molecular weight is 360 g/mol. The second kappa shape index (κ2) is 7.43. The lowest BCUT2D eigenvalue weighted by molar-refractivity contribution is 0.372. The number of rotatable bonds is 3. The normalized spacial score (nSPS) is 18.4. The zero-order chi connectivity index (χ0) is 17.1. The van der Waals surface area contributed by atoms with E-state index in [2.05, 4.69) is 52.4 Å². The van der Waals surface area contributed by atoms with Gasteiger partial charge in [-0.15, -0.1) is 21.5 Å². The van der Waals surface area contributed by atoms with E-state index >= 15 is 0 Å². The number of aliphatic imine (C=N–C) groups is 1. The molecule has 0 radical (unpaired) electrons. The van der Waals surface area contributed by atoms with Crippen LogP contribution in [0.15, 0.2) is 22.5 Å². The van der Waals surface area contributed by atoms with Gasteiger partial charge in [0.05, 0.1) is 11.5 Å². The maximum absolute atomic E-state index is 4.47. The highest BCUT2D eigenvalue weighted by Crippen LogP contribution is 2.22. The van der Waals surface area contributed by atoms with Gasteiger partial charge in [0, 0.05) is 46.2 Å².